The molecule has 0 aliphatic carbocycles. The Morgan fingerprint density at radius 1 is 1.15 bits per heavy atom. The van der Waals surface area contributed by atoms with Gasteiger partial charge in [-0.1, -0.05) is 43.7 Å². The number of carbonyl (C=O) groups is 3. The first-order valence-corrected chi connectivity index (χ1v) is 9.19. The van der Waals surface area contributed by atoms with Crippen LogP contribution in [-0.4, -0.2) is 47.3 Å². The standard InChI is InChI=1S/C20H27N3O3/c1-13-5-7-16(8-6-13)20(4)18(25)23(19(26)21-20)12-17(24)22-10-14(2)9-15(3)11-22/h5-8,14-15H,9-12H2,1-4H3,(H,21,26)/t14-,15+,20-/m1/s1. The average molecular weight is 357 g/mol. The number of carbonyl (C=O) groups excluding carboxylic acids is 3. The van der Waals surface area contributed by atoms with Gasteiger partial charge in [-0.15, -0.1) is 0 Å². The van der Waals surface area contributed by atoms with Crippen molar-refractivity contribution in [2.75, 3.05) is 19.6 Å². The molecule has 4 amide bonds. The third-order valence-corrected chi connectivity index (χ3v) is 5.42. The zero-order chi connectivity index (χ0) is 19.1. The van der Waals surface area contributed by atoms with Crippen LogP contribution < -0.4 is 5.32 Å². The van der Waals surface area contributed by atoms with Crippen molar-refractivity contribution in [1.29, 1.82) is 0 Å². The van der Waals surface area contributed by atoms with E-state index in [1.807, 2.05) is 31.2 Å². The highest BCUT2D eigenvalue weighted by atomic mass is 16.2. The number of nitrogens with zero attached hydrogens (tertiary/aromatic N) is 2. The Hall–Kier alpha value is -2.37. The summed E-state index contributed by atoms with van der Waals surface area (Å²) < 4.78 is 0. The Labute approximate surface area is 154 Å². The number of benzene rings is 1. The van der Waals surface area contributed by atoms with Crippen LogP contribution in [0.5, 0.6) is 0 Å². The first-order chi connectivity index (χ1) is 12.2. The van der Waals surface area contributed by atoms with Crippen LogP contribution in [0.3, 0.4) is 0 Å². The van der Waals surface area contributed by atoms with Crippen LogP contribution in [0.4, 0.5) is 4.79 Å². The number of amides is 4. The fourth-order valence-electron chi connectivity index (χ4n) is 4.02. The average Bonchev–Trinajstić information content (AvgIpc) is 2.78. The van der Waals surface area contributed by atoms with Crippen molar-refractivity contribution in [3.05, 3.63) is 35.4 Å². The monoisotopic (exact) mass is 357 g/mol. The van der Waals surface area contributed by atoms with Gasteiger partial charge in [0, 0.05) is 13.1 Å². The SMILES string of the molecule is Cc1ccc([C@@]2(C)NC(=O)N(CC(=O)N3C[C@H](C)C[C@H](C)C3)C2=O)cc1. The van der Waals surface area contributed by atoms with Gasteiger partial charge in [0.05, 0.1) is 0 Å². The molecule has 0 saturated carbocycles. The molecule has 3 atom stereocenters. The lowest BCUT2D eigenvalue weighted by Gasteiger charge is -2.35. The van der Waals surface area contributed by atoms with Crippen LogP contribution >= 0.6 is 0 Å². The summed E-state index contributed by atoms with van der Waals surface area (Å²) in [7, 11) is 0. The van der Waals surface area contributed by atoms with Crippen molar-refractivity contribution in [3.63, 3.8) is 0 Å². The maximum Gasteiger partial charge on any atom is 0.325 e. The second-order valence-electron chi connectivity index (χ2n) is 8.06. The summed E-state index contributed by atoms with van der Waals surface area (Å²) in [5, 5.41) is 2.76. The molecule has 0 aromatic heterocycles. The molecule has 26 heavy (non-hydrogen) atoms. The van der Waals surface area contributed by atoms with E-state index in [9.17, 15) is 14.4 Å². The summed E-state index contributed by atoms with van der Waals surface area (Å²) in [6.07, 6.45) is 1.10. The molecule has 0 radical (unpaired) electrons. The van der Waals surface area contributed by atoms with Crippen molar-refractivity contribution in [2.45, 2.75) is 39.7 Å². The van der Waals surface area contributed by atoms with Gasteiger partial charge in [0.25, 0.3) is 5.91 Å². The van der Waals surface area contributed by atoms with E-state index in [2.05, 4.69) is 19.2 Å². The van der Waals surface area contributed by atoms with E-state index in [0.29, 0.717) is 24.9 Å². The Kier molecular flexibility index (Phi) is 4.78. The molecular formula is C20H27N3O3. The number of urea groups is 1. The number of nitrogens with one attached hydrogen (secondary N) is 1. The third-order valence-electron chi connectivity index (χ3n) is 5.42. The molecule has 0 bridgehead atoms. The van der Waals surface area contributed by atoms with Gasteiger partial charge in [0.2, 0.25) is 5.91 Å². The van der Waals surface area contributed by atoms with Gasteiger partial charge in [-0.2, -0.15) is 0 Å². The molecule has 140 valence electrons. The topological polar surface area (TPSA) is 69.7 Å². The Morgan fingerprint density at radius 3 is 2.31 bits per heavy atom. The van der Waals surface area contributed by atoms with Crippen LogP contribution in [0.2, 0.25) is 0 Å². The highest BCUT2D eigenvalue weighted by molar-refractivity contribution is 6.09. The first-order valence-electron chi connectivity index (χ1n) is 9.19. The third kappa shape index (κ3) is 3.32. The normalized spacial score (nSPS) is 29.1. The summed E-state index contributed by atoms with van der Waals surface area (Å²) in [6, 6.07) is 6.98. The predicted molar refractivity (Wildman–Crippen MR) is 98.3 cm³/mol. The van der Waals surface area contributed by atoms with E-state index in [4.69, 9.17) is 0 Å². The van der Waals surface area contributed by atoms with Crippen LogP contribution in [-0.2, 0) is 15.1 Å². The molecule has 2 saturated heterocycles. The molecular weight excluding hydrogens is 330 g/mol. The first kappa shape index (κ1) is 18.4. The van der Waals surface area contributed by atoms with Gasteiger partial charge < -0.3 is 10.2 Å². The largest absolute Gasteiger partial charge is 0.341 e. The maximum absolute atomic E-state index is 12.9. The lowest BCUT2D eigenvalue weighted by Crippen LogP contribution is -2.48. The Balaban J connectivity index is 1.75. The lowest BCUT2D eigenvalue weighted by atomic mass is 9.91. The molecule has 1 aromatic rings. The summed E-state index contributed by atoms with van der Waals surface area (Å²) in [5.74, 6) is 0.324. The van der Waals surface area contributed by atoms with Crippen molar-refractivity contribution in [2.24, 2.45) is 11.8 Å². The molecule has 0 spiro atoms. The van der Waals surface area contributed by atoms with Crippen LogP contribution in [0.1, 0.15) is 38.3 Å². The number of hydrogen-bond acceptors (Lipinski definition) is 3. The molecule has 6 nitrogen and oxygen atoms in total. The van der Waals surface area contributed by atoms with Gasteiger partial charge in [-0.3, -0.25) is 14.5 Å². The minimum Gasteiger partial charge on any atom is -0.341 e. The van der Waals surface area contributed by atoms with Gasteiger partial charge in [-0.05, 0) is 37.7 Å². The molecule has 2 fully saturated rings. The predicted octanol–water partition coefficient (Wildman–Crippen LogP) is 2.27. The minimum absolute atomic E-state index is 0.167. The number of hydrogen-bond donors (Lipinski definition) is 1. The van der Waals surface area contributed by atoms with Gasteiger partial charge in [0.15, 0.2) is 0 Å². The highest BCUT2D eigenvalue weighted by Crippen LogP contribution is 2.29. The second-order valence-corrected chi connectivity index (χ2v) is 8.06. The molecule has 1 aromatic carbocycles. The van der Waals surface area contributed by atoms with Crippen LogP contribution in [0, 0.1) is 18.8 Å². The van der Waals surface area contributed by atoms with E-state index in [-0.39, 0.29) is 18.4 Å². The molecule has 6 heteroatoms. The Bertz CT molecular complexity index is 720. The molecule has 3 rings (SSSR count). The van der Waals surface area contributed by atoms with Crippen LogP contribution in [0.25, 0.3) is 0 Å². The van der Waals surface area contributed by atoms with Gasteiger partial charge >= 0.3 is 6.03 Å². The summed E-state index contributed by atoms with van der Waals surface area (Å²) >= 11 is 0. The molecule has 2 aliphatic heterocycles. The number of likely N-dealkylation sites (tertiary alicyclic amines) is 1. The van der Waals surface area contributed by atoms with E-state index >= 15 is 0 Å². The molecule has 1 N–H and O–H groups in total. The second kappa shape index (κ2) is 6.74. The fraction of sp³-hybridized carbons (Fsp3) is 0.550. The molecule has 2 aliphatic rings. The van der Waals surface area contributed by atoms with Crippen molar-refractivity contribution in [1.82, 2.24) is 15.1 Å². The zero-order valence-corrected chi connectivity index (χ0v) is 15.9. The summed E-state index contributed by atoms with van der Waals surface area (Å²) in [4.78, 5) is 40.9. The number of rotatable bonds is 3. The van der Waals surface area contributed by atoms with E-state index in [1.54, 1.807) is 11.8 Å². The van der Waals surface area contributed by atoms with Crippen molar-refractivity contribution in [3.8, 4) is 0 Å². The fourth-order valence-corrected chi connectivity index (χ4v) is 4.02. The number of piperidine rings is 1. The highest BCUT2D eigenvalue weighted by Gasteiger charge is 2.49. The summed E-state index contributed by atoms with van der Waals surface area (Å²) in [6.45, 7) is 9.06. The summed E-state index contributed by atoms with van der Waals surface area (Å²) in [5.41, 5.74) is 0.666. The van der Waals surface area contributed by atoms with Gasteiger partial charge in [0.1, 0.15) is 12.1 Å². The van der Waals surface area contributed by atoms with E-state index < -0.39 is 11.6 Å². The van der Waals surface area contributed by atoms with Gasteiger partial charge in [-0.25, -0.2) is 4.79 Å². The molecule has 0 unspecified atom stereocenters. The molecule has 2 heterocycles. The lowest BCUT2D eigenvalue weighted by molar-refractivity contribution is -0.140. The van der Waals surface area contributed by atoms with Crippen molar-refractivity contribution < 1.29 is 14.4 Å². The quantitative estimate of drug-likeness (QED) is 0.844. The minimum atomic E-state index is -1.13. The zero-order valence-electron chi connectivity index (χ0n) is 15.9. The number of aryl methyl sites for hydroxylation is 1. The Morgan fingerprint density at radius 2 is 1.73 bits per heavy atom. The smallest absolute Gasteiger partial charge is 0.325 e. The van der Waals surface area contributed by atoms with E-state index in [0.717, 1.165) is 22.4 Å². The van der Waals surface area contributed by atoms with Crippen molar-refractivity contribution >= 4 is 17.8 Å². The van der Waals surface area contributed by atoms with E-state index in [1.165, 1.54) is 0 Å². The number of imide groups is 1. The maximum atomic E-state index is 12.9. The van der Waals surface area contributed by atoms with Crippen LogP contribution in [0.15, 0.2) is 24.3 Å².